The molecule has 0 saturated carbocycles. The van der Waals surface area contributed by atoms with Gasteiger partial charge in [0.25, 0.3) is 11.8 Å². The van der Waals surface area contributed by atoms with E-state index in [2.05, 4.69) is 16.2 Å². The van der Waals surface area contributed by atoms with E-state index in [0.29, 0.717) is 29.5 Å². The largest absolute Gasteiger partial charge is 0.494 e. The van der Waals surface area contributed by atoms with Crippen LogP contribution in [0.4, 0.5) is 5.69 Å². The van der Waals surface area contributed by atoms with Crippen LogP contribution in [-0.4, -0.2) is 36.5 Å². The van der Waals surface area contributed by atoms with E-state index in [9.17, 15) is 14.4 Å². The van der Waals surface area contributed by atoms with E-state index in [-0.39, 0.29) is 6.42 Å². The Hall–Kier alpha value is -3.75. The van der Waals surface area contributed by atoms with Crippen molar-refractivity contribution in [3.63, 3.8) is 0 Å². The van der Waals surface area contributed by atoms with Gasteiger partial charge in [0.05, 0.1) is 18.7 Å². The molecule has 0 saturated heterocycles. The van der Waals surface area contributed by atoms with Crippen molar-refractivity contribution in [2.45, 2.75) is 32.5 Å². The third-order valence-corrected chi connectivity index (χ3v) is 4.22. The highest BCUT2D eigenvalue weighted by molar-refractivity contribution is 6.00. The molecular weight excluding hydrogens is 390 g/mol. The lowest BCUT2D eigenvalue weighted by Gasteiger charge is -2.25. The van der Waals surface area contributed by atoms with Crippen molar-refractivity contribution in [1.82, 2.24) is 10.9 Å². The number of ether oxygens (including phenoxy) is 3. The molecule has 3 N–H and O–H groups in total. The highest BCUT2D eigenvalue weighted by Crippen LogP contribution is 2.29. The van der Waals surface area contributed by atoms with Crippen LogP contribution >= 0.6 is 0 Å². The van der Waals surface area contributed by atoms with Crippen LogP contribution in [0.3, 0.4) is 0 Å². The maximum Gasteiger partial charge on any atom is 0.279 e. The topological polar surface area (TPSA) is 115 Å². The fourth-order valence-corrected chi connectivity index (χ4v) is 2.72. The van der Waals surface area contributed by atoms with Crippen molar-refractivity contribution in [2.75, 3.05) is 11.9 Å². The first-order valence-corrected chi connectivity index (χ1v) is 9.51. The van der Waals surface area contributed by atoms with Crippen LogP contribution in [0.5, 0.6) is 17.2 Å². The first kappa shape index (κ1) is 21.0. The Morgan fingerprint density at radius 2 is 1.80 bits per heavy atom. The minimum atomic E-state index is -0.991. The lowest BCUT2D eigenvalue weighted by molar-refractivity contribution is -0.135. The fraction of sp³-hybridized carbons (Fsp3) is 0.286. The van der Waals surface area contributed by atoms with Crippen LogP contribution in [0.25, 0.3) is 0 Å². The monoisotopic (exact) mass is 413 g/mol. The number of para-hydroxylation sites is 2. The van der Waals surface area contributed by atoms with Crippen LogP contribution in [-0.2, 0) is 14.4 Å². The number of carbonyl (C=O) groups is 3. The molecule has 3 amide bonds. The van der Waals surface area contributed by atoms with E-state index in [0.717, 1.165) is 0 Å². The molecule has 9 heteroatoms. The van der Waals surface area contributed by atoms with E-state index in [1.165, 1.54) is 0 Å². The van der Waals surface area contributed by atoms with Gasteiger partial charge in [0, 0.05) is 0 Å². The number of nitrogens with one attached hydrogen (secondary N) is 3. The molecule has 2 atom stereocenters. The van der Waals surface area contributed by atoms with Gasteiger partial charge in [0.15, 0.2) is 12.2 Å². The number of hydrogen-bond donors (Lipinski definition) is 3. The first-order valence-electron chi connectivity index (χ1n) is 9.51. The number of anilines is 1. The van der Waals surface area contributed by atoms with E-state index < -0.39 is 29.9 Å². The lowest BCUT2D eigenvalue weighted by Crippen LogP contribution is -2.49. The van der Waals surface area contributed by atoms with Gasteiger partial charge in [-0.15, -0.1) is 0 Å². The Kier molecular flexibility index (Phi) is 6.74. The number of carbonyl (C=O) groups excluding carboxylic acids is 3. The third kappa shape index (κ3) is 5.40. The van der Waals surface area contributed by atoms with Crippen molar-refractivity contribution >= 4 is 23.4 Å². The summed E-state index contributed by atoms with van der Waals surface area (Å²) in [5.41, 5.74) is 5.10. The summed E-state index contributed by atoms with van der Waals surface area (Å²) >= 11 is 0. The molecular formula is C21H23N3O6. The van der Waals surface area contributed by atoms with Gasteiger partial charge in [-0.1, -0.05) is 12.1 Å². The van der Waals surface area contributed by atoms with Gasteiger partial charge in [0.2, 0.25) is 5.91 Å². The molecule has 158 valence electrons. The molecule has 0 fully saturated rings. The summed E-state index contributed by atoms with van der Waals surface area (Å²) in [6.45, 7) is 3.99. The van der Waals surface area contributed by atoms with E-state index >= 15 is 0 Å². The molecule has 0 aromatic heterocycles. The summed E-state index contributed by atoms with van der Waals surface area (Å²) in [6.07, 6.45) is -2.10. The molecule has 1 heterocycles. The van der Waals surface area contributed by atoms with Gasteiger partial charge in [0.1, 0.15) is 17.2 Å². The number of benzene rings is 2. The van der Waals surface area contributed by atoms with Crippen molar-refractivity contribution in [3.8, 4) is 17.2 Å². The normalized spacial score (nSPS) is 15.7. The van der Waals surface area contributed by atoms with Crippen LogP contribution in [0, 0.1) is 0 Å². The van der Waals surface area contributed by atoms with Crippen LogP contribution < -0.4 is 30.4 Å². The minimum absolute atomic E-state index is 0.255. The van der Waals surface area contributed by atoms with Crippen LogP contribution in [0.1, 0.15) is 20.3 Å². The molecule has 0 spiro atoms. The Labute approximate surface area is 173 Å². The van der Waals surface area contributed by atoms with Gasteiger partial charge < -0.3 is 19.5 Å². The zero-order valence-electron chi connectivity index (χ0n) is 16.6. The maximum atomic E-state index is 12.2. The molecule has 0 bridgehead atoms. The Morgan fingerprint density at radius 1 is 1.10 bits per heavy atom. The predicted molar refractivity (Wildman–Crippen MR) is 108 cm³/mol. The van der Waals surface area contributed by atoms with E-state index in [4.69, 9.17) is 14.2 Å². The van der Waals surface area contributed by atoms with Crippen LogP contribution in [0.2, 0.25) is 0 Å². The molecule has 1 aliphatic heterocycles. The number of hydrazine groups is 1. The van der Waals surface area contributed by atoms with E-state index in [1.54, 1.807) is 55.5 Å². The van der Waals surface area contributed by atoms with Crippen molar-refractivity contribution in [1.29, 1.82) is 0 Å². The third-order valence-electron chi connectivity index (χ3n) is 4.22. The second-order valence-corrected chi connectivity index (χ2v) is 6.50. The molecule has 0 radical (unpaired) electrons. The maximum absolute atomic E-state index is 12.2. The first-order chi connectivity index (χ1) is 14.5. The van der Waals surface area contributed by atoms with Gasteiger partial charge >= 0.3 is 0 Å². The molecule has 0 unspecified atom stereocenters. The number of hydrogen-bond acceptors (Lipinski definition) is 6. The molecule has 1 aliphatic rings. The molecule has 2 aromatic rings. The molecule has 2 aromatic carbocycles. The standard InChI is InChI=1S/C21H23N3O6/c1-3-28-14-8-10-15(11-9-14)29-13(2)20(26)24-23-19(25)12-18-21(27)22-16-6-4-5-7-17(16)30-18/h4-11,13,18H,3,12H2,1-2H3,(H,22,27)(H,23,25)(H,24,26)/t13-,18+/m1/s1. The second kappa shape index (κ2) is 9.64. The lowest BCUT2D eigenvalue weighted by atomic mass is 10.1. The van der Waals surface area contributed by atoms with Crippen molar-refractivity contribution in [3.05, 3.63) is 48.5 Å². The molecule has 30 heavy (non-hydrogen) atoms. The quantitative estimate of drug-likeness (QED) is 0.596. The van der Waals surface area contributed by atoms with Crippen LogP contribution in [0.15, 0.2) is 48.5 Å². The highest BCUT2D eigenvalue weighted by Gasteiger charge is 2.29. The molecule has 0 aliphatic carbocycles. The smallest absolute Gasteiger partial charge is 0.279 e. The van der Waals surface area contributed by atoms with Gasteiger partial charge in [-0.2, -0.15) is 0 Å². The van der Waals surface area contributed by atoms with Gasteiger partial charge in [-0.3, -0.25) is 25.2 Å². The Balaban J connectivity index is 1.45. The summed E-state index contributed by atoms with van der Waals surface area (Å²) in [4.78, 5) is 36.3. The Morgan fingerprint density at radius 3 is 2.53 bits per heavy atom. The zero-order valence-corrected chi connectivity index (χ0v) is 16.6. The average molecular weight is 413 g/mol. The van der Waals surface area contributed by atoms with E-state index in [1.807, 2.05) is 6.92 Å². The average Bonchev–Trinajstić information content (AvgIpc) is 2.74. The molecule has 3 rings (SSSR count). The molecule has 9 nitrogen and oxygen atoms in total. The summed E-state index contributed by atoms with van der Waals surface area (Å²) < 4.78 is 16.4. The van der Waals surface area contributed by atoms with Gasteiger partial charge in [-0.05, 0) is 50.2 Å². The highest BCUT2D eigenvalue weighted by atomic mass is 16.5. The number of amides is 3. The number of rotatable bonds is 7. The second-order valence-electron chi connectivity index (χ2n) is 6.50. The fourth-order valence-electron chi connectivity index (χ4n) is 2.72. The summed E-state index contributed by atoms with van der Waals surface area (Å²) in [7, 11) is 0. The SMILES string of the molecule is CCOc1ccc(O[C@H](C)C(=O)NNC(=O)C[C@@H]2Oc3ccccc3NC2=O)cc1. The number of fused-ring (bicyclic) bond motifs is 1. The zero-order chi connectivity index (χ0) is 21.5. The summed E-state index contributed by atoms with van der Waals surface area (Å²) in [5, 5.41) is 2.68. The summed E-state index contributed by atoms with van der Waals surface area (Å²) in [5.74, 6) is 0.121. The predicted octanol–water partition coefficient (Wildman–Crippen LogP) is 1.79. The Bertz CT molecular complexity index is 915. The summed E-state index contributed by atoms with van der Waals surface area (Å²) in [6, 6.07) is 13.8. The van der Waals surface area contributed by atoms with Crippen molar-refractivity contribution < 1.29 is 28.6 Å². The van der Waals surface area contributed by atoms with Crippen molar-refractivity contribution in [2.24, 2.45) is 0 Å². The minimum Gasteiger partial charge on any atom is -0.494 e. The van der Waals surface area contributed by atoms with Gasteiger partial charge in [-0.25, -0.2) is 0 Å².